The van der Waals surface area contributed by atoms with Crippen LogP contribution >= 0.6 is 0 Å². The standard InChI is InChI=1S/C21H23FN6O/c1-26(2)21(29)28-10-14-9-27(20-16-6-7-23-19(16)24-12-25-20)11-17(14)18(28)13-4-3-5-15(22)8-13/h3-8,12,14,17-18H,9-11H2,1-2H3,(H,23,24,25)/t14-,17-,18+/m1/s1. The van der Waals surface area contributed by atoms with Crippen LogP contribution in [-0.4, -0.2) is 64.5 Å². The van der Waals surface area contributed by atoms with Gasteiger partial charge < -0.3 is 19.7 Å². The molecule has 29 heavy (non-hydrogen) atoms. The molecule has 7 nitrogen and oxygen atoms in total. The maximum atomic E-state index is 14.0. The number of anilines is 1. The smallest absolute Gasteiger partial charge is 0.320 e. The third-order valence-electron chi connectivity index (χ3n) is 6.12. The molecule has 3 atom stereocenters. The zero-order chi connectivity index (χ0) is 20.1. The number of nitrogens with zero attached hydrogens (tertiary/aromatic N) is 5. The maximum Gasteiger partial charge on any atom is 0.320 e. The van der Waals surface area contributed by atoms with E-state index in [1.807, 2.05) is 23.2 Å². The van der Waals surface area contributed by atoms with Crippen molar-refractivity contribution in [3.8, 4) is 0 Å². The molecular weight excluding hydrogens is 371 g/mol. The number of H-pyrrole nitrogens is 1. The van der Waals surface area contributed by atoms with Gasteiger partial charge in [-0.25, -0.2) is 19.2 Å². The number of rotatable bonds is 2. The van der Waals surface area contributed by atoms with Gasteiger partial charge in [0.15, 0.2) is 0 Å². The lowest BCUT2D eigenvalue weighted by Crippen LogP contribution is -2.41. The van der Waals surface area contributed by atoms with Gasteiger partial charge >= 0.3 is 6.03 Å². The van der Waals surface area contributed by atoms with Gasteiger partial charge in [0.05, 0.1) is 11.4 Å². The van der Waals surface area contributed by atoms with Gasteiger partial charge in [0, 0.05) is 51.8 Å². The van der Waals surface area contributed by atoms with Crippen LogP contribution in [0, 0.1) is 17.7 Å². The summed E-state index contributed by atoms with van der Waals surface area (Å²) in [6.07, 6.45) is 3.45. The molecule has 2 aliphatic heterocycles. The van der Waals surface area contributed by atoms with E-state index in [1.165, 1.54) is 6.07 Å². The number of benzene rings is 1. The maximum absolute atomic E-state index is 14.0. The van der Waals surface area contributed by atoms with Crippen molar-refractivity contribution in [1.29, 1.82) is 0 Å². The first-order chi connectivity index (χ1) is 14.0. The summed E-state index contributed by atoms with van der Waals surface area (Å²) in [6.45, 7) is 2.23. The lowest BCUT2D eigenvalue weighted by atomic mass is 9.89. The summed E-state index contributed by atoms with van der Waals surface area (Å²) in [4.78, 5) is 30.6. The third-order valence-corrected chi connectivity index (χ3v) is 6.12. The number of aromatic amines is 1. The number of halogens is 1. The predicted molar refractivity (Wildman–Crippen MR) is 108 cm³/mol. The van der Waals surface area contributed by atoms with E-state index in [-0.39, 0.29) is 23.8 Å². The highest BCUT2D eigenvalue weighted by Crippen LogP contribution is 2.46. The number of hydrogen-bond acceptors (Lipinski definition) is 4. The molecule has 0 radical (unpaired) electrons. The number of likely N-dealkylation sites (tertiary alicyclic amines) is 1. The van der Waals surface area contributed by atoms with Gasteiger partial charge in [0.1, 0.15) is 23.6 Å². The Balaban J connectivity index is 1.50. The first-order valence-corrected chi connectivity index (χ1v) is 9.79. The number of carbonyl (C=O) groups excluding carboxylic acids is 1. The summed E-state index contributed by atoms with van der Waals surface area (Å²) in [6, 6.07) is 8.44. The molecule has 2 aliphatic rings. The van der Waals surface area contributed by atoms with Crippen molar-refractivity contribution in [3.05, 3.63) is 54.2 Å². The zero-order valence-electron chi connectivity index (χ0n) is 16.4. The summed E-state index contributed by atoms with van der Waals surface area (Å²) in [7, 11) is 3.52. The Morgan fingerprint density at radius 3 is 2.86 bits per heavy atom. The van der Waals surface area contributed by atoms with Crippen molar-refractivity contribution in [1.82, 2.24) is 24.8 Å². The van der Waals surface area contributed by atoms with Gasteiger partial charge in [-0.1, -0.05) is 12.1 Å². The second kappa shape index (κ2) is 6.72. The van der Waals surface area contributed by atoms with E-state index in [1.54, 1.807) is 37.5 Å². The highest BCUT2D eigenvalue weighted by Gasteiger charge is 2.50. The SMILES string of the molecule is CN(C)C(=O)N1C[C@H]2CN(c3ncnc4[nH]ccc34)C[C@H]2[C@@H]1c1cccc(F)c1. The second-order valence-electron chi connectivity index (χ2n) is 8.10. The summed E-state index contributed by atoms with van der Waals surface area (Å²) in [5, 5.41) is 0.996. The Morgan fingerprint density at radius 2 is 2.07 bits per heavy atom. The molecule has 2 saturated heterocycles. The Kier molecular flexibility index (Phi) is 4.15. The molecule has 1 aromatic carbocycles. The fraction of sp³-hybridized carbons (Fsp3) is 0.381. The van der Waals surface area contributed by atoms with Crippen LogP contribution in [0.2, 0.25) is 0 Å². The molecule has 0 unspecified atom stereocenters. The average Bonchev–Trinajstić information content (AvgIpc) is 3.40. The Hall–Kier alpha value is -3.16. The van der Waals surface area contributed by atoms with E-state index in [9.17, 15) is 9.18 Å². The largest absolute Gasteiger partial charge is 0.355 e. The number of hydrogen-bond donors (Lipinski definition) is 1. The average molecular weight is 394 g/mol. The predicted octanol–water partition coefficient (Wildman–Crippen LogP) is 2.89. The van der Waals surface area contributed by atoms with Gasteiger partial charge in [0.25, 0.3) is 0 Å². The molecule has 8 heteroatoms. The highest BCUT2D eigenvalue weighted by molar-refractivity contribution is 5.87. The molecule has 2 aromatic heterocycles. The number of urea groups is 1. The lowest BCUT2D eigenvalue weighted by molar-refractivity contribution is 0.159. The van der Waals surface area contributed by atoms with Gasteiger partial charge in [-0.15, -0.1) is 0 Å². The van der Waals surface area contributed by atoms with Crippen LogP contribution in [0.15, 0.2) is 42.9 Å². The van der Waals surface area contributed by atoms with Crippen molar-refractivity contribution in [3.63, 3.8) is 0 Å². The number of amides is 2. The third kappa shape index (κ3) is 2.90. The monoisotopic (exact) mass is 394 g/mol. The zero-order valence-corrected chi connectivity index (χ0v) is 16.4. The normalized spacial score (nSPS) is 23.6. The summed E-state index contributed by atoms with van der Waals surface area (Å²) >= 11 is 0. The minimum absolute atomic E-state index is 0.0322. The van der Waals surface area contributed by atoms with Gasteiger partial charge in [-0.2, -0.15) is 0 Å². The first kappa shape index (κ1) is 17.9. The molecule has 1 N–H and O–H groups in total. The van der Waals surface area contributed by atoms with Crippen molar-refractivity contribution in [2.24, 2.45) is 11.8 Å². The fourth-order valence-corrected chi connectivity index (χ4v) is 4.90. The lowest BCUT2D eigenvalue weighted by Gasteiger charge is -2.32. The van der Waals surface area contributed by atoms with Crippen LogP contribution in [0.1, 0.15) is 11.6 Å². The molecular formula is C21H23FN6O. The second-order valence-corrected chi connectivity index (χ2v) is 8.10. The topological polar surface area (TPSA) is 68.4 Å². The first-order valence-electron chi connectivity index (χ1n) is 9.79. The minimum Gasteiger partial charge on any atom is -0.355 e. The van der Waals surface area contributed by atoms with Crippen LogP contribution in [0.3, 0.4) is 0 Å². The number of carbonyl (C=O) groups is 1. The van der Waals surface area contributed by atoms with Gasteiger partial charge in [-0.05, 0) is 23.8 Å². The molecule has 0 spiro atoms. The molecule has 2 amide bonds. The van der Waals surface area contributed by atoms with Gasteiger partial charge in [-0.3, -0.25) is 0 Å². The molecule has 150 valence electrons. The van der Waals surface area contributed by atoms with Crippen molar-refractivity contribution >= 4 is 22.9 Å². The van der Waals surface area contributed by atoms with Crippen molar-refractivity contribution in [2.45, 2.75) is 6.04 Å². The molecule has 0 bridgehead atoms. The highest BCUT2D eigenvalue weighted by atomic mass is 19.1. The van der Waals surface area contributed by atoms with Crippen molar-refractivity contribution in [2.75, 3.05) is 38.6 Å². The quantitative estimate of drug-likeness (QED) is 0.726. The van der Waals surface area contributed by atoms with Crippen LogP contribution in [0.4, 0.5) is 15.0 Å². The van der Waals surface area contributed by atoms with Crippen LogP contribution in [-0.2, 0) is 0 Å². The number of fused-ring (bicyclic) bond motifs is 2. The van der Waals surface area contributed by atoms with E-state index in [4.69, 9.17) is 0 Å². The van der Waals surface area contributed by atoms with E-state index in [0.29, 0.717) is 12.5 Å². The summed E-state index contributed by atoms with van der Waals surface area (Å²) < 4.78 is 14.0. The fourth-order valence-electron chi connectivity index (χ4n) is 4.90. The summed E-state index contributed by atoms with van der Waals surface area (Å²) in [5.74, 6) is 1.15. The number of aromatic nitrogens is 3. The molecule has 0 saturated carbocycles. The Bertz CT molecular complexity index is 1070. The van der Waals surface area contributed by atoms with E-state index in [2.05, 4.69) is 19.9 Å². The van der Waals surface area contributed by atoms with E-state index >= 15 is 0 Å². The van der Waals surface area contributed by atoms with Gasteiger partial charge in [0.2, 0.25) is 0 Å². The minimum atomic E-state index is -0.275. The summed E-state index contributed by atoms with van der Waals surface area (Å²) in [5.41, 5.74) is 1.67. The molecule has 3 aromatic rings. The Morgan fingerprint density at radius 1 is 1.21 bits per heavy atom. The molecule has 4 heterocycles. The molecule has 2 fully saturated rings. The van der Waals surface area contributed by atoms with Crippen LogP contribution in [0.25, 0.3) is 11.0 Å². The van der Waals surface area contributed by atoms with Crippen molar-refractivity contribution < 1.29 is 9.18 Å². The van der Waals surface area contributed by atoms with E-state index in [0.717, 1.165) is 35.5 Å². The number of nitrogens with one attached hydrogen (secondary N) is 1. The van der Waals surface area contributed by atoms with E-state index < -0.39 is 0 Å². The van der Waals surface area contributed by atoms with Crippen LogP contribution in [0.5, 0.6) is 0 Å². The molecule has 0 aliphatic carbocycles. The Labute approximate surface area is 168 Å². The van der Waals surface area contributed by atoms with Crippen LogP contribution < -0.4 is 4.90 Å². The molecule has 5 rings (SSSR count).